The van der Waals surface area contributed by atoms with Crippen molar-refractivity contribution in [3.05, 3.63) is 84.6 Å². The molecule has 0 saturated carbocycles. The highest BCUT2D eigenvalue weighted by Gasteiger charge is 2.26. The molecule has 0 aliphatic carbocycles. The minimum atomic E-state index is -3.95. The van der Waals surface area contributed by atoms with E-state index in [1.54, 1.807) is 73.8 Å². The fourth-order valence-electron chi connectivity index (χ4n) is 3.23. The Labute approximate surface area is 168 Å². The molecule has 0 fully saturated rings. The molecule has 0 N–H and O–H groups in total. The van der Waals surface area contributed by atoms with Gasteiger partial charge in [-0.3, -0.25) is 0 Å². The van der Waals surface area contributed by atoms with Crippen molar-refractivity contribution in [3.8, 4) is 11.3 Å². The van der Waals surface area contributed by atoms with E-state index >= 15 is 0 Å². The number of nitrogens with zero attached hydrogens (tertiary/aromatic N) is 2. The van der Waals surface area contributed by atoms with Crippen molar-refractivity contribution < 1.29 is 17.9 Å². The van der Waals surface area contributed by atoms with Crippen LogP contribution in [0.4, 0.5) is 0 Å². The summed E-state index contributed by atoms with van der Waals surface area (Å²) < 4.78 is 33.4. The molecule has 4 rings (SSSR count). The van der Waals surface area contributed by atoms with Gasteiger partial charge in [0.05, 0.1) is 22.8 Å². The Morgan fingerprint density at radius 3 is 2.48 bits per heavy atom. The van der Waals surface area contributed by atoms with Gasteiger partial charge in [0, 0.05) is 17.1 Å². The van der Waals surface area contributed by atoms with Crippen LogP contribution in [0.1, 0.15) is 17.3 Å². The maximum absolute atomic E-state index is 13.5. The molecular weight excluding hydrogens is 388 g/mol. The Hall–Kier alpha value is -3.45. The number of carbonyl (C=O) groups is 1. The van der Waals surface area contributed by atoms with E-state index in [1.165, 1.54) is 16.1 Å². The van der Waals surface area contributed by atoms with Crippen LogP contribution in [0, 0.1) is 0 Å². The summed E-state index contributed by atoms with van der Waals surface area (Å²) >= 11 is 0. The number of rotatable bonds is 5. The van der Waals surface area contributed by atoms with Crippen LogP contribution < -0.4 is 0 Å². The predicted molar refractivity (Wildman–Crippen MR) is 110 cm³/mol. The lowest BCUT2D eigenvalue weighted by molar-refractivity contribution is 0.0527. The molecule has 7 heteroatoms. The molecule has 0 amide bonds. The Balaban J connectivity index is 2.04. The summed E-state index contributed by atoms with van der Waals surface area (Å²) in [7, 11) is -3.95. The van der Waals surface area contributed by atoms with E-state index in [9.17, 15) is 13.2 Å². The number of esters is 1. The average molecular weight is 406 g/mol. The van der Waals surface area contributed by atoms with Crippen LogP contribution in [-0.2, 0) is 14.8 Å². The summed E-state index contributed by atoms with van der Waals surface area (Å²) in [4.78, 5) is 16.9. The number of carbonyl (C=O) groups excluding carboxylic acids is 1. The second-order valence-corrected chi connectivity index (χ2v) is 8.08. The van der Waals surface area contributed by atoms with E-state index in [-0.39, 0.29) is 11.5 Å². The maximum Gasteiger partial charge on any atom is 0.338 e. The minimum absolute atomic E-state index is 0.137. The van der Waals surface area contributed by atoms with Gasteiger partial charge in [-0.05, 0) is 43.3 Å². The van der Waals surface area contributed by atoms with Crippen molar-refractivity contribution in [2.45, 2.75) is 11.8 Å². The topological polar surface area (TPSA) is 78.3 Å². The van der Waals surface area contributed by atoms with Crippen LogP contribution in [0.25, 0.3) is 22.3 Å². The highest BCUT2D eigenvalue weighted by Crippen LogP contribution is 2.33. The highest BCUT2D eigenvalue weighted by molar-refractivity contribution is 7.90. The average Bonchev–Trinajstić information content (AvgIpc) is 3.15. The number of ether oxygens (including phenoxy) is 1. The molecule has 0 atom stereocenters. The fourth-order valence-corrected chi connectivity index (χ4v) is 4.74. The molecule has 0 saturated heterocycles. The summed E-state index contributed by atoms with van der Waals surface area (Å²) in [5.41, 5.74) is 1.40. The third-order valence-electron chi connectivity index (χ3n) is 4.50. The van der Waals surface area contributed by atoms with Gasteiger partial charge < -0.3 is 4.74 Å². The molecule has 0 aliphatic rings. The first-order chi connectivity index (χ1) is 14.0. The smallest absolute Gasteiger partial charge is 0.338 e. The van der Waals surface area contributed by atoms with E-state index in [2.05, 4.69) is 4.98 Å². The third kappa shape index (κ3) is 3.30. The summed E-state index contributed by atoms with van der Waals surface area (Å²) in [5, 5.41) is 0.653. The molecule has 0 radical (unpaired) electrons. The van der Waals surface area contributed by atoms with Crippen LogP contribution in [-0.4, -0.2) is 30.0 Å². The fraction of sp³-hybridized carbons (Fsp3) is 0.0909. The van der Waals surface area contributed by atoms with Crippen LogP contribution in [0.5, 0.6) is 0 Å². The molecule has 0 aliphatic heterocycles. The zero-order chi connectivity index (χ0) is 20.4. The third-order valence-corrected chi connectivity index (χ3v) is 6.22. The van der Waals surface area contributed by atoms with E-state index in [0.29, 0.717) is 27.9 Å². The summed E-state index contributed by atoms with van der Waals surface area (Å²) in [5.74, 6) is -0.509. The van der Waals surface area contributed by atoms with Crippen molar-refractivity contribution in [3.63, 3.8) is 0 Å². The lowest BCUT2D eigenvalue weighted by atomic mass is 10.0. The summed E-state index contributed by atoms with van der Waals surface area (Å²) in [6, 6.07) is 20.2. The molecule has 2 aromatic carbocycles. The molecule has 29 heavy (non-hydrogen) atoms. The molecule has 2 aromatic heterocycles. The number of benzene rings is 2. The second kappa shape index (κ2) is 7.52. The van der Waals surface area contributed by atoms with Crippen LogP contribution in [0.2, 0.25) is 0 Å². The monoisotopic (exact) mass is 406 g/mol. The van der Waals surface area contributed by atoms with Crippen LogP contribution in [0.3, 0.4) is 0 Å². The standard InChI is InChI=1S/C22H18N2O4S/c1-2-28-22(25)19-13-7-6-12-18(19)20-15-16-9-8-14-23-21(16)24(20)29(26,27)17-10-4-3-5-11-17/h3-15H,2H2,1H3. The Bertz CT molecular complexity index is 1290. The first-order valence-electron chi connectivity index (χ1n) is 9.07. The van der Waals surface area contributed by atoms with Gasteiger partial charge in [0.25, 0.3) is 10.0 Å². The molecule has 2 heterocycles. The second-order valence-electron chi connectivity index (χ2n) is 6.29. The van der Waals surface area contributed by atoms with Crippen LogP contribution in [0.15, 0.2) is 83.9 Å². The molecular formula is C22H18N2O4S. The van der Waals surface area contributed by atoms with Gasteiger partial charge in [-0.25, -0.2) is 22.2 Å². The van der Waals surface area contributed by atoms with E-state index in [1.807, 2.05) is 0 Å². The highest BCUT2D eigenvalue weighted by atomic mass is 32.2. The molecule has 0 unspecified atom stereocenters. The molecule has 146 valence electrons. The normalized spacial score (nSPS) is 11.5. The van der Waals surface area contributed by atoms with Crippen LogP contribution >= 0.6 is 0 Å². The number of hydrogen-bond acceptors (Lipinski definition) is 5. The van der Waals surface area contributed by atoms with Gasteiger partial charge in [-0.2, -0.15) is 0 Å². The first-order valence-corrected chi connectivity index (χ1v) is 10.5. The van der Waals surface area contributed by atoms with E-state index < -0.39 is 16.0 Å². The number of aromatic nitrogens is 2. The predicted octanol–water partition coefficient (Wildman–Crippen LogP) is 4.12. The van der Waals surface area contributed by atoms with Crippen molar-refractivity contribution in [1.82, 2.24) is 8.96 Å². The van der Waals surface area contributed by atoms with Gasteiger partial charge in [-0.1, -0.05) is 36.4 Å². The number of fused-ring (bicyclic) bond motifs is 1. The van der Waals surface area contributed by atoms with Gasteiger partial charge in [-0.15, -0.1) is 0 Å². The van der Waals surface area contributed by atoms with E-state index in [4.69, 9.17) is 4.74 Å². The summed E-state index contributed by atoms with van der Waals surface area (Å²) in [6.45, 7) is 1.95. The Morgan fingerprint density at radius 2 is 1.72 bits per heavy atom. The zero-order valence-corrected chi connectivity index (χ0v) is 16.5. The largest absolute Gasteiger partial charge is 0.462 e. The minimum Gasteiger partial charge on any atom is -0.462 e. The van der Waals surface area contributed by atoms with Gasteiger partial charge in [0.1, 0.15) is 0 Å². The Kier molecular flexibility index (Phi) is 4.90. The van der Waals surface area contributed by atoms with Gasteiger partial charge in [0.2, 0.25) is 0 Å². The quantitative estimate of drug-likeness (QED) is 0.466. The van der Waals surface area contributed by atoms with Crippen molar-refractivity contribution >= 4 is 27.0 Å². The molecule has 0 spiro atoms. The van der Waals surface area contributed by atoms with Gasteiger partial charge in [0.15, 0.2) is 5.65 Å². The van der Waals surface area contributed by atoms with E-state index in [0.717, 1.165) is 0 Å². The number of hydrogen-bond donors (Lipinski definition) is 0. The number of pyridine rings is 1. The van der Waals surface area contributed by atoms with Crippen molar-refractivity contribution in [1.29, 1.82) is 0 Å². The zero-order valence-electron chi connectivity index (χ0n) is 15.6. The lowest BCUT2D eigenvalue weighted by Crippen LogP contribution is -2.16. The molecule has 0 bridgehead atoms. The molecule has 4 aromatic rings. The molecule has 6 nitrogen and oxygen atoms in total. The lowest BCUT2D eigenvalue weighted by Gasteiger charge is -2.14. The SMILES string of the molecule is CCOC(=O)c1ccccc1-c1cc2cccnc2n1S(=O)(=O)c1ccccc1. The van der Waals surface area contributed by atoms with Crippen molar-refractivity contribution in [2.24, 2.45) is 0 Å². The first kappa shape index (κ1) is 18.9. The van der Waals surface area contributed by atoms with Crippen molar-refractivity contribution in [2.75, 3.05) is 6.61 Å². The summed E-state index contributed by atoms with van der Waals surface area (Å²) in [6.07, 6.45) is 1.54. The maximum atomic E-state index is 13.5. The van der Waals surface area contributed by atoms with Gasteiger partial charge >= 0.3 is 5.97 Å². The Morgan fingerprint density at radius 1 is 1.00 bits per heavy atom.